The molecule has 1 rings (SSSR count). The second-order valence-corrected chi connectivity index (χ2v) is 4.14. The quantitative estimate of drug-likeness (QED) is 0.706. The van der Waals surface area contributed by atoms with E-state index >= 15 is 0 Å². The van der Waals surface area contributed by atoms with E-state index < -0.39 is 0 Å². The van der Waals surface area contributed by atoms with Crippen molar-refractivity contribution in [3.8, 4) is 0 Å². The van der Waals surface area contributed by atoms with Crippen molar-refractivity contribution < 1.29 is 16.3 Å². The second kappa shape index (κ2) is 10.9. The Balaban J connectivity index is -0.000000213. The molecule has 11 heavy (non-hydrogen) atoms. The SMILES string of the molecule is C[CH2][V][C]1=CC=CC1.Cl.Cl.Cl. The molecule has 0 unspecified atom stereocenters. The van der Waals surface area contributed by atoms with Crippen molar-refractivity contribution in [2.24, 2.45) is 0 Å². The minimum atomic E-state index is 0. The van der Waals surface area contributed by atoms with E-state index in [0.717, 1.165) is 0 Å². The zero-order valence-corrected chi connectivity index (χ0v) is 10.2. The maximum atomic E-state index is 2.27. The van der Waals surface area contributed by atoms with E-state index in [0.29, 0.717) is 16.3 Å². The fourth-order valence-electron chi connectivity index (χ4n) is 0.756. The second-order valence-electron chi connectivity index (χ2n) is 1.76. The van der Waals surface area contributed by atoms with Crippen molar-refractivity contribution in [2.75, 3.05) is 0 Å². The Morgan fingerprint density at radius 3 is 2.36 bits per heavy atom. The van der Waals surface area contributed by atoms with Crippen LogP contribution < -0.4 is 0 Å². The van der Waals surface area contributed by atoms with Gasteiger partial charge in [-0.25, -0.2) is 0 Å². The van der Waals surface area contributed by atoms with E-state index in [1.165, 1.54) is 11.6 Å². The molecule has 67 valence electrons. The molecular formula is C7H13Cl3V. The minimum absolute atomic E-state index is 0. The first-order chi connectivity index (χ1) is 3.93. The number of rotatable bonds is 2. The minimum Gasteiger partial charge on any atom is -0.147 e. The molecule has 0 aliphatic heterocycles. The monoisotopic (exact) mass is 253 g/mol. The molecule has 0 N–H and O–H groups in total. The summed E-state index contributed by atoms with van der Waals surface area (Å²) in [5.41, 5.74) is 0. The molecule has 0 nitrogen and oxygen atoms in total. The summed E-state index contributed by atoms with van der Waals surface area (Å²) >= 11 is 0.550. The van der Waals surface area contributed by atoms with Crippen LogP contribution in [0.5, 0.6) is 0 Å². The Kier molecular flexibility index (Phi) is 17.8. The topological polar surface area (TPSA) is 0 Å². The zero-order chi connectivity index (χ0) is 5.82. The van der Waals surface area contributed by atoms with Gasteiger partial charge in [-0.05, 0) is 0 Å². The molecule has 0 radical (unpaired) electrons. The summed E-state index contributed by atoms with van der Waals surface area (Å²) in [4.78, 5) is 0. The largest absolute Gasteiger partial charge is 0.147 e. The van der Waals surface area contributed by atoms with Gasteiger partial charge >= 0.3 is 57.3 Å². The average molecular weight is 254 g/mol. The van der Waals surface area contributed by atoms with Crippen LogP contribution in [0, 0.1) is 0 Å². The Bertz CT molecular complexity index is 132. The van der Waals surface area contributed by atoms with E-state index in [4.69, 9.17) is 0 Å². The van der Waals surface area contributed by atoms with Crippen molar-refractivity contribution in [3.63, 3.8) is 0 Å². The molecule has 0 aromatic rings. The van der Waals surface area contributed by atoms with Crippen molar-refractivity contribution >= 4 is 37.2 Å². The van der Waals surface area contributed by atoms with Gasteiger partial charge in [0.2, 0.25) is 0 Å². The van der Waals surface area contributed by atoms with Gasteiger partial charge in [0.25, 0.3) is 0 Å². The van der Waals surface area contributed by atoms with Crippen LogP contribution in [0.3, 0.4) is 0 Å². The van der Waals surface area contributed by atoms with Crippen molar-refractivity contribution in [3.05, 3.63) is 22.5 Å². The maximum Gasteiger partial charge on any atom is -0.147 e. The third-order valence-corrected chi connectivity index (χ3v) is 2.76. The third kappa shape index (κ3) is 7.30. The van der Waals surface area contributed by atoms with Gasteiger partial charge in [-0.2, -0.15) is 0 Å². The van der Waals surface area contributed by atoms with Crippen molar-refractivity contribution in [1.29, 1.82) is 0 Å². The Labute approximate surface area is 94.2 Å². The van der Waals surface area contributed by atoms with Crippen LogP contribution in [0.25, 0.3) is 0 Å². The van der Waals surface area contributed by atoms with E-state index in [1.54, 1.807) is 4.28 Å². The molecule has 0 aromatic carbocycles. The molecule has 0 amide bonds. The number of hydrogen-bond donors (Lipinski definition) is 0. The van der Waals surface area contributed by atoms with Gasteiger partial charge in [0.1, 0.15) is 0 Å². The predicted molar refractivity (Wildman–Crippen MR) is 54.1 cm³/mol. The smallest absolute Gasteiger partial charge is 0.147 e. The third-order valence-electron chi connectivity index (χ3n) is 1.11. The first-order valence-electron chi connectivity index (χ1n) is 2.96. The Morgan fingerprint density at radius 2 is 2.00 bits per heavy atom. The zero-order valence-electron chi connectivity index (χ0n) is 6.32. The van der Waals surface area contributed by atoms with Crippen LogP contribution in [0.2, 0.25) is 5.13 Å². The standard InChI is InChI=1S/C5H5.C2H5.3ClH.V/c1-2-4-5-3-1;1-2;;;;/h1-3H,4H2;1H2,2H3;3*1H;. The van der Waals surface area contributed by atoms with Gasteiger partial charge in [0.15, 0.2) is 0 Å². The van der Waals surface area contributed by atoms with Crippen LogP contribution in [0.1, 0.15) is 13.3 Å². The fraction of sp³-hybridized carbons (Fsp3) is 0.429. The maximum absolute atomic E-state index is 2.27. The molecule has 1 aliphatic rings. The summed E-state index contributed by atoms with van der Waals surface area (Å²) in [5, 5.41) is 1.38. The molecule has 0 saturated carbocycles. The van der Waals surface area contributed by atoms with Gasteiger partial charge in [-0.1, -0.05) is 0 Å². The van der Waals surface area contributed by atoms with E-state index in [1.807, 2.05) is 0 Å². The molecule has 0 saturated heterocycles. The summed E-state index contributed by atoms with van der Waals surface area (Å²) < 4.78 is 1.68. The Morgan fingerprint density at radius 1 is 1.36 bits per heavy atom. The van der Waals surface area contributed by atoms with Crippen molar-refractivity contribution in [2.45, 2.75) is 18.5 Å². The van der Waals surface area contributed by atoms with Crippen LogP contribution >= 0.6 is 37.2 Å². The van der Waals surface area contributed by atoms with E-state index in [2.05, 4.69) is 25.2 Å². The molecule has 0 bridgehead atoms. The van der Waals surface area contributed by atoms with Gasteiger partial charge in [0.05, 0.1) is 0 Å². The van der Waals surface area contributed by atoms with Gasteiger partial charge < -0.3 is 0 Å². The molecule has 0 spiro atoms. The first kappa shape index (κ1) is 17.9. The summed E-state index contributed by atoms with van der Waals surface area (Å²) in [6.07, 6.45) is 7.92. The van der Waals surface area contributed by atoms with Crippen molar-refractivity contribution in [1.82, 2.24) is 0 Å². The van der Waals surface area contributed by atoms with Crippen LogP contribution in [-0.4, -0.2) is 0 Å². The summed E-state index contributed by atoms with van der Waals surface area (Å²) in [5.74, 6) is 0. The molecule has 0 aromatic heterocycles. The van der Waals surface area contributed by atoms with Crippen LogP contribution in [0.4, 0.5) is 0 Å². The summed E-state index contributed by atoms with van der Waals surface area (Å²) in [7, 11) is 0. The normalized spacial score (nSPS) is 11.9. The molecule has 4 heteroatoms. The molecule has 1 aliphatic carbocycles. The van der Waals surface area contributed by atoms with Crippen LogP contribution in [-0.2, 0) is 16.3 Å². The van der Waals surface area contributed by atoms with E-state index in [9.17, 15) is 0 Å². The predicted octanol–water partition coefficient (Wildman–Crippen LogP) is 3.62. The molecule has 0 fully saturated rings. The first-order valence-corrected chi connectivity index (χ1v) is 4.65. The summed E-state index contributed by atoms with van der Waals surface area (Å²) in [6.45, 7) is 2.26. The van der Waals surface area contributed by atoms with Gasteiger partial charge in [-0.3, -0.25) is 0 Å². The molecule has 0 atom stereocenters. The van der Waals surface area contributed by atoms with Gasteiger partial charge in [0, 0.05) is 0 Å². The summed E-state index contributed by atoms with van der Waals surface area (Å²) in [6, 6.07) is 0. The number of halogens is 3. The van der Waals surface area contributed by atoms with Gasteiger partial charge in [-0.15, -0.1) is 37.2 Å². The Hall–Kier alpha value is 0.934. The molecular weight excluding hydrogens is 241 g/mol. The molecule has 0 heterocycles. The average Bonchev–Trinajstić information content (AvgIpc) is 2.19. The number of hydrogen-bond acceptors (Lipinski definition) is 0. The number of allylic oxidation sites excluding steroid dienone is 4. The fourth-order valence-corrected chi connectivity index (χ4v) is 2.06. The van der Waals surface area contributed by atoms with Crippen LogP contribution in [0.15, 0.2) is 22.5 Å². The van der Waals surface area contributed by atoms with E-state index in [-0.39, 0.29) is 37.2 Å².